The molecule has 0 aromatic carbocycles. The average molecular weight is 375 g/mol. The fourth-order valence-electron chi connectivity index (χ4n) is 8.11. The van der Waals surface area contributed by atoms with Crippen LogP contribution < -0.4 is 5.73 Å². The summed E-state index contributed by atoms with van der Waals surface area (Å²) in [6.07, 6.45) is 12.3. The number of carbonyl (C=O) groups excluding carboxylic acids is 1. The van der Waals surface area contributed by atoms with Crippen molar-refractivity contribution < 1.29 is 4.79 Å². The molecule has 0 aliphatic heterocycles. The van der Waals surface area contributed by atoms with Crippen molar-refractivity contribution in [2.75, 3.05) is 6.54 Å². The van der Waals surface area contributed by atoms with Crippen molar-refractivity contribution in [3.05, 3.63) is 4.91 Å². The Morgan fingerprint density at radius 2 is 1.85 bits per heavy atom. The third kappa shape index (κ3) is 3.01. The molecule has 27 heavy (non-hydrogen) atoms. The van der Waals surface area contributed by atoms with Crippen LogP contribution in [0.3, 0.4) is 0 Å². The lowest BCUT2D eigenvalue weighted by Gasteiger charge is -2.61. The van der Waals surface area contributed by atoms with Crippen LogP contribution in [0.4, 0.5) is 0 Å². The lowest BCUT2D eigenvalue weighted by Crippen LogP contribution is -2.57. The molecule has 4 heteroatoms. The SMILES string of the molecule is C[C@]12CC[C@@H](CCCCN)CC1C(N=O)C[C@@H]1[C@@H]2CC[C@]2(C)C(=O)CC[C@@H]12. The van der Waals surface area contributed by atoms with Crippen LogP contribution in [0.2, 0.25) is 0 Å². The van der Waals surface area contributed by atoms with E-state index in [0.717, 1.165) is 44.6 Å². The van der Waals surface area contributed by atoms with Crippen LogP contribution in [0.5, 0.6) is 0 Å². The largest absolute Gasteiger partial charge is 0.330 e. The Hall–Kier alpha value is -0.770. The van der Waals surface area contributed by atoms with E-state index in [1.807, 2.05) is 0 Å². The molecule has 2 N–H and O–H groups in total. The number of fused-ring (bicyclic) bond motifs is 5. The van der Waals surface area contributed by atoms with Crippen molar-refractivity contribution in [1.29, 1.82) is 0 Å². The van der Waals surface area contributed by atoms with Gasteiger partial charge in [0.25, 0.3) is 0 Å². The average Bonchev–Trinajstić information content (AvgIpc) is 2.96. The molecular formula is C23H38N2O2. The zero-order chi connectivity index (χ0) is 19.2. The van der Waals surface area contributed by atoms with E-state index in [9.17, 15) is 9.70 Å². The highest BCUT2D eigenvalue weighted by atomic mass is 16.3. The number of carbonyl (C=O) groups is 1. The zero-order valence-corrected chi connectivity index (χ0v) is 17.3. The fourth-order valence-corrected chi connectivity index (χ4v) is 8.11. The van der Waals surface area contributed by atoms with Gasteiger partial charge in [-0.1, -0.05) is 31.9 Å². The molecule has 0 aromatic rings. The first-order chi connectivity index (χ1) is 12.9. The Kier molecular flexibility index (Phi) is 5.24. The van der Waals surface area contributed by atoms with E-state index in [1.165, 1.54) is 38.5 Å². The van der Waals surface area contributed by atoms with Gasteiger partial charge in [-0.25, -0.2) is 0 Å². The van der Waals surface area contributed by atoms with Gasteiger partial charge in [-0.2, -0.15) is 4.91 Å². The number of unbranched alkanes of at least 4 members (excludes halogenated alkanes) is 1. The van der Waals surface area contributed by atoms with Crippen molar-refractivity contribution in [1.82, 2.24) is 0 Å². The number of hydrogen-bond acceptors (Lipinski definition) is 4. The summed E-state index contributed by atoms with van der Waals surface area (Å²) in [6, 6.07) is -0.0355. The summed E-state index contributed by atoms with van der Waals surface area (Å²) >= 11 is 0. The maximum Gasteiger partial charge on any atom is 0.139 e. The van der Waals surface area contributed by atoms with Crippen LogP contribution in [0.1, 0.15) is 84.5 Å². The normalized spacial score (nSPS) is 49.2. The van der Waals surface area contributed by atoms with Gasteiger partial charge in [-0.05, 0) is 92.9 Å². The van der Waals surface area contributed by atoms with Crippen molar-refractivity contribution in [3.63, 3.8) is 0 Å². The van der Waals surface area contributed by atoms with Crippen LogP contribution in [-0.2, 0) is 4.79 Å². The van der Waals surface area contributed by atoms with Gasteiger partial charge in [-0.15, -0.1) is 0 Å². The molecule has 4 rings (SSSR count). The predicted molar refractivity (Wildman–Crippen MR) is 108 cm³/mol. The summed E-state index contributed by atoms with van der Waals surface area (Å²) in [6.45, 7) is 5.48. The summed E-state index contributed by atoms with van der Waals surface area (Å²) in [4.78, 5) is 24.5. The number of nitrogens with zero attached hydrogens (tertiary/aromatic N) is 1. The molecule has 2 unspecified atom stereocenters. The van der Waals surface area contributed by atoms with Crippen LogP contribution in [0, 0.1) is 45.3 Å². The highest BCUT2D eigenvalue weighted by Gasteiger charge is 2.62. The molecule has 0 radical (unpaired) electrons. The van der Waals surface area contributed by atoms with Gasteiger partial charge >= 0.3 is 0 Å². The van der Waals surface area contributed by atoms with E-state index in [2.05, 4.69) is 19.0 Å². The second-order valence-corrected chi connectivity index (χ2v) is 10.7. The van der Waals surface area contributed by atoms with Crippen molar-refractivity contribution in [2.24, 2.45) is 51.3 Å². The number of rotatable bonds is 5. The molecule has 0 saturated heterocycles. The lowest BCUT2D eigenvalue weighted by molar-refractivity contribution is -0.142. The second-order valence-electron chi connectivity index (χ2n) is 10.7. The van der Waals surface area contributed by atoms with Crippen LogP contribution in [0.15, 0.2) is 5.18 Å². The zero-order valence-electron chi connectivity index (χ0n) is 17.3. The first kappa shape index (κ1) is 19.5. The molecule has 0 bridgehead atoms. The highest BCUT2D eigenvalue weighted by Crippen LogP contribution is 2.66. The molecule has 0 amide bonds. The summed E-state index contributed by atoms with van der Waals surface area (Å²) in [5.74, 6) is 3.40. The van der Waals surface area contributed by atoms with Gasteiger partial charge in [-0.3, -0.25) is 4.79 Å². The molecule has 4 nitrogen and oxygen atoms in total. The smallest absolute Gasteiger partial charge is 0.139 e. The number of Topliss-reactive ketones (excluding diaryl/α,β-unsaturated/α-hetero) is 1. The fraction of sp³-hybridized carbons (Fsp3) is 0.957. The van der Waals surface area contributed by atoms with Crippen LogP contribution >= 0.6 is 0 Å². The van der Waals surface area contributed by atoms with Crippen molar-refractivity contribution in [3.8, 4) is 0 Å². The third-order valence-electron chi connectivity index (χ3n) is 9.70. The molecule has 8 atom stereocenters. The molecule has 4 aliphatic rings. The number of hydrogen-bond donors (Lipinski definition) is 1. The van der Waals surface area contributed by atoms with Gasteiger partial charge in [0.2, 0.25) is 0 Å². The van der Waals surface area contributed by atoms with Crippen molar-refractivity contribution >= 4 is 5.78 Å². The van der Waals surface area contributed by atoms with Crippen molar-refractivity contribution in [2.45, 2.75) is 90.5 Å². The van der Waals surface area contributed by atoms with Gasteiger partial charge in [0.15, 0.2) is 0 Å². The molecule has 0 heterocycles. The molecular weight excluding hydrogens is 336 g/mol. The van der Waals surface area contributed by atoms with Crippen LogP contribution in [-0.4, -0.2) is 18.4 Å². The Balaban J connectivity index is 1.55. The van der Waals surface area contributed by atoms with Crippen LogP contribution in [0.25, 0.3) is 0 Å². The van der Waals surface area contributed by atoms with E-state index < -0.39 is 0 Å². The van der Waals surface area contributed by atoms with E-state index in [1.54, 1.807) is 0 Å². The monoisotopic (exact) mass is 374 g/mol. The lowest BCUT2D eigenvalue weighted by atomic mass is 9.43. The first-order valence-corrected chi connectivity index (χ1v) is 11.5. The number of ketones is 1. The van der Waals surface area contributed by atoms with E-state index in [-0.39, 0.29) is 16.9 Å². The predicted octanol–water partition coefficient (Wildman–Crippen LogP) is 5.09. The third-order valence-corrected chi connectivity index (χ3v) is 9.70. The van der Waals surface area contributed by atoms with Gasteiger partial charge in [0, 0.05) is 11.8 Å². The van der Waals surface area contributed by atoms with Gasteiger partial charge < -0.3 is 5.73 Å². The molecule has 152 valence electrons. The standard InChI is InChI=1S/C23H38N2O2/c1-22-10-8-15(5-3-4-12-24)13-19(22)20(25-27)14-16-17-6-7-21(26)23(17,2)11-9-18(16)22/h15-20H,3-14,24H2,1-2H3/t15-,16+,17+,18+,19?,20?,22-,23+/m1/s1. The maximum atomic E-state index is 12.6. The molecule has 4 fully saturated rings. The topological polar surface area (TPSA) is 72.5 Å². The minimum atomic E-state index is -0.114. The summed E-state index contributed by atoms with van der Waals surface area (Å²) < 4.78 is 0. The maximum absolute atomic E-state index is 12.6. The molecule has 0 spiro atoms. The Morgan fingerprint density at radius 1 is 1.04 bits per heavy atom. The van der Waals surface area contributed by atoms with Gasteiger partial charge in [0.05, 0.1) is 6.04 Å². The molecule has 0 aromatic heterocycles. The second kappa shape index (κ2) is 7.24. The number of nitroso groups, excluding NO2 is 1. The Labute approximate surface area is 164 Å². The van der Waals surface area contributed by atoms with E-state index >= 15 is 0 Å². The minimum Gasteiger partial charge on any atom is -0.330 e. The minimum absolute atomic E-state index is 0.0355. The Bertz CT molecular complexity index is 593. The highest BCUT2D eigenvalue weighted by molar-refractivity contribution is 5.87. The van der Waals surface area contributed by atoms with E-state index in [0.29, 0.717) is 29.5 Å². The quantitative estimate of drug-likeness (QED) is 0.538. The molecule has 4 saturated carbocycles. The summed E-state index contributed by atoms with van der Waals surface area (Å²) in [7, 11) is 0. The first-order valence-electron chi connectivity index (χ1n) is 11.5. The summed E-state index contributed by atoms with van der Waals surface area (Å²) in [5, 5.41) is 3.70. The van der Waals surface area contributed by atoms with E-state index in [4.69, 9.17) is 5.73 Å². The summed E-state index contributed by atoms with van der Waals surface area (Å²) in [5.41, 5.74) is 5.81. The molecule has 4 aliphatic carbocycles. The Morgan fingerprint density at radius 3 is 2.59 bits per heavy atom. The van der Waals surface area contributed by atoms with Gasteiger partial charge in [0.1, 0.15) is 5.78 Å². The number of nitrogens with two attached hydrogens (primary N) is 1.